The summed E-state index contributed by atoms with van der Waals surface area (Å²) in [4.78, 5) is 4.96. The van der Waals surface area contributed by atoms with Crippen molar-refractivity contribution in [2.45, 2.75) is 20.3 Å². The first-order valence-corrected chi connectivity index (χ1v) is 9.23. The second-order valence-corrected chi connectivity index (χ2v) is 7.12. The Balaban J connectivity index is 1.79. The summed E-state index contributed by atoms with van der Waals surface area (Å²) in [5.74, 6) is 0.591. The van der Waals surface area contributed by atoms with E-state index in [-0.39, 0.29) is 0 Å². The number of rotatable bonds is 4. The van der Waals surface area contributed by atoms with Gasteiger partial charge in [0.1, 0.15) is 0 Å². The molecule has 2 aromatic carbocycles. The summed E-state index contributed by atoms with van der Waals surface area (Å²) < 4.78 is 0. The molecule has 1 aliphatic carbocycles. The normalized spacial score (nSPS) is 13.7. The average Bonchev–Trinajstić information content (AvgIpc) is 3.20. The lowest BCUT2D eigenvalue weighted by atomic mass is 9.95. The summed E-state index contributed by atoms with van der Waals surface area (Å²) >= 11 is 0. The van der Waals surface area contributed by atoms with Crippen molar-refractivity contribution in [1.29, 1.82) is 0 Å². The van der Waals surface area contributed by atoms with Crippen LogP contribution in [-0.2, 0) is 0 Å². The standard InChI is InChI=1S/C25H23N/c1-18(2)21-13-14-22(15-21)23-16-24(19-9-5-3-6-10-19)26-25(17-23)20-11-7-4-8-12-20/h3-14,16-18H,15H2,1-2H3. The number of nitrogens with zero attached hydrogens (tertiary/aromatic N) is 1. The van der Waals surface area contributed by atoms with E-state index in [1.54, 1.807) is 0 Å². The van der Waals surface area contributed by atoms with Crippen LogP contribution in [0.3, 0.4) is 0 Å². The van der Waals surface area contributed by atoms with Crippen LogP contribution in [0.25, 0.3) is 28.1 Å². The van der Waals surface area contributed by atoms with Crippen LogP contribution in [0.15, 0.2) is 90.5 Å². The van der Waals surface area contributed by atoms with Crippen molar-refractivity contribution in [1.82, 2.24) is 4.98 Å². The van der Waals surface area contributed by atoms with E-state index < -0.39 is 0 Å². The van der Waals surface area contributed by atoms with Gasteiger partial charge >= 0.3 is 0 Å². The molecule has 0 amide bonds. The molecule has 4 rings (SSSR count). The van der Waals surface area contributed by atoms with Gasteiger partial charge in [0, 0.05) is 11.1 Å². The molecular weight excluding hydrogens is 314 g/mol. The highest BCUT2D eigenvalue weighted by Gasteiger charge is 2.15. The van der Waals surface area contributed by atoms with Gasteiger partial charge < -0.3 is 0 Å². The summed E-state index contributed by atoms with van der Waals surface area (Å²) in [7, 11) is 0. The number of benzene rings is 2. The van der Waals surface area contributed by atoms with E-state index in [4.69, 9.17) is 4.98 Å². The molecule has 26 heavy (non-hydrogen) atoms. The maximum atomic E-state index is 4.96. The van der Waals surface area contributed by atoms with Crippen LogP contribution in [0.5, 0.6) is 0 Å². The summed E-state index contributed by atoms with van der Waals surface area (Å²) in [5.41, 5.74) is 8.51. The van der Waals surface area contributed by atoms with Gasteiger partial charge in [0.25, 0.3) is 0 Å². The van der Waals surface area contributed by atoms with Gasteiger partial charge in [-0.25, -0.2) is 4.98 Å². The molecule has 3 aromatic rings. The Hall–Kier alpha value is -2.93. The molecule has 0 saturated carbocycles. The SMILES string of the molecule is CC(C)C1=CC=C(c2cc(-c3ccccc3)nc(-c3ccccc3)c2)C1. The van der Waals surface area contributed by atoms with Crippen molar-refractivity contribution in [3.05, 3.63) is 96.1 Å². The Morgan fingerprint density at radius 2 is 1.23 bits per heavy atom. The Bertz CT molecular complexity index is 906. The molecule has 128 valence electrons. The summed E-state index contributed by atoms with van der Waals surface area (Å²) in [6.45, 7) is 4.53. The van der Waals surface area contributed by atoms with Gasteiger partial charge in [-0.2, -0.15) is 0 Å². The van der Waals surface area contributed by atoms with Crippen molar-refractivity contribution < 1.29 is 0 Å². The van der Waals surface area contributed by atoms with Crippen LogP contribution in [0.2, 0.25) is 0 Å². The summed E-state index contributed by atoms with van der Waals surface area (Å²) in [6, 6.07) is 25.3. The van der Waals surface area contributed by atoms with E-state index in [2.05, 4.69) is 86.7 Å². The molecule has 0 N–H and O–H groups in total. The van der Waals surface area contributed by atoms with E-state index in [1.165, 1.54) is 16.7 Å². The van der Waals surface area contributed by atoms with Gasteiger partial charge in [0.15, 0.2) is 0 Å². The van der Waals surface area contributed by atoms with Crippen LogP contribution in [-0.4, -0.2) is 4.98 Å². The lowest BCUT2D eigenvalue weighted by Crippen LogP contribution is -1.95. The number of hydrogen-bond donors (Lipinski definition) is 0. The molecule has 0 saturated heterocycles. The fraction of sp³-hybridized carbons (Fsp3) is 0.160. The largest absolute Gasteiger partial charge is 0.248 e. The molecule has 0 aliphatic heterocycles. The molecule has 1 aliphatic rings. The van der Waals surface area contributed by atoms with Crippen LogP contribution in [0.1, 0.15) is 25.8 Å². The molecule has 0 unspecified atom stereocenters. The van der Waals surface area contributed by atoms with Crippen LogP contribution in [0, 0.1) is 5.92 Å². The second-order valence-electron chi connectivity index (χ2n) is 7.12. The van der Waals surface area contributed by atoms with Crippen molar-refractivity contribution in [3.63, 3.8) is 0 Å². The minimum Gasteiger partial charge on any atom is -0.248 e. The van der Waals surface area contributed by atoms with Crippen LogP contribution in [0.4, 0.5) is 0 Å². The Morgan fingerprint density at radius 1 is 0.692 bits per heavy atom. The average molecular weight is 337 g/mol. The van der Waals surface area contributed by atoms with Gasteiger partial charge in [-0.3, -0.25) is 0 Å². The fourth-order valence-electron chi connectivity index (χ4n) is 3.37. The molecule has 0 bridgehead atoms. The molecule has 1 aromatic heterocycles. The molecule has 1 nitrogen and oxygen atoms in total. The van der Waals surface area contributed by atoms with E-state index >= 15 is 0 Å². The van der Waals surface area contributed by atoms with Gasteiger partial charge in [-0.15, -0.1) is 0 Å². The molecule has 0 fully saturated rings. The van der Waals surface area contributed by atoms with E-state index in [1.807, 2.05) is 12.1 Å². The predicted octanol–water partition coefficient (Wildman–Crippen LogP) is 6.79. The highest BCUT2D eigenvalue weighted by Crippen LogP contribution is 2.35. The third kappa shape index (κ3) is 3.39. The molecule has 1 heterocycles. The van der Waals surface area contributed by atoms with Crippen LogP contribution >= 0.6 is 0 Å². The van der Waals surface area contributed by atoms with Gasteiger partial charge in [-0.1, -0.05) is 92.2 Å². The van der Waals surface area contributed by atoms with Gasteiger partial charge in [0.2, 0.25) is 0 Å². The number of hydrogen-bond acceptors (Lipinski definition) is 1. The minimum atomic E-state index is 0.591. The maximum absolute atomic E-state index is 4.96. The number of aromatic nitrogens is 1. The molecule has 0 atom stereocenters. The Morgan fingerprint density at radius 3 is 1.69 bits per heavy atom. The first kappa shape index (κ1) is 16.5. The monoisotopic (exact) mass is 337 g/mol. The van der Waals surface area contributed by atoms with Gasteiger partial charge in [-0.05, 0) is 35.6 Å². The van der Waals surface area contributed by atoms with Gasteiger partial charge in [0.05, 0.1) is 11.4 Å². The molecular formula is C25H23N. The van der Waals surface area contributed by atoms with Crippen molar-refractivity contribution in [2.24, 2.45) is 5.92 Å². The predicted molar refractivity (Wildman–Crippen MR) is 111 cm³/mol. The maximum Gasteiger partial charge on any atom is 0.0715 e. The summed E-state index contributed by atoms with van der Waals surface area (Å²) in [6.07, 6.45) is 5.59. The minimum absolute atomic E-state index is 0.591. The Labute approximate surface area is 155 Å². The van der Waals surface area contributed by atoms with E-state index in [9.17, 15) is 0 Å². The second kappa shape index (κ2) is 7.13. The highest BCUT2D eigenvalue weighted by molar-refractivity contribution is 5.79. The zero-order valence-corrected chi connectivity index (χ0v) is 15.3. The lowest BCUT2D eigenvalue weighted by molar-refractivity contribution is 0.756. The number of pyridine rings is 1. The van der Waals surface area contributed by atoms with Crippen LogP contribution < -0.4 is 0 Å². The van der Waals surface area contributed by atoms with E-state index in [0.29, 0.717) is 5.92 Å². The highest BCUT2D eigenvalue weighted by atomic mass is 14.7. The molecule has 1 heteroatoms. The third-order valence-corrected chi connectivity index (χ3v) is 4.97. The first-order valence-electron chi connectivity index (χ1n) is 9.23. The van der Waals surface area contributed by atoms with Crippen molar-refractivity contribution in [2.75, 3.05) is 0 Å². The number of allylic oxidation sites excluding steroid dienone is 4. The van der Waals surface area contributed by atoms with Crippen molar-refractivity contribution in [3.8, 4) is 22.5 Å². The molecule has 0 spiro atoms. The van der Waals surface area contributed by atoms with Crippen molar-refractivity contribution >= 4 is 5.57 Å². The fourth-order valence-corrected chi connectivity index (χ4v) is 3.37. The molecule has 0 radical (unpaired) electrons. The quantitative estimate of drug-likeness (QED) is 0.511. The zero-order chi connectivity index (χ0) is 17.9. The van der Waals surface area contributed by atoms with E-state index in [0.717, 1.165) is 28.9 Å². The topological polar surface area (TPSA) is 12.9 Å². The zero-order valence-electron chi connectivity index (χ0n) is 15.3. The Kier molecular flexibility index (Phi) is 4.53. The first-order chi connectivity index (χ1) is 12.7. The third-order valence-electron chi connectivity index (χ3n) is 4.97. The smallest absolute Gasteiger partial charge is 0.0715 e. The lowest BCUT2D eigenvalue weighted by Gasteiger charge is -2.12. The summed E-state index contributed by atoms with van der Waals surface area (Å²) in [5, 5.41) is 0.